The lowest BCUT2D eigenvalue weighted by Gasteiger charge is -2.20. The summed E-state index contributed by atoms with van der Waals surface area (Å²) in [5.41, 5.74) is 3.59. The first-order chi connectivity index (χ1) is 17.2. The van der Waals surface area contributed by atoms with Crippen LogP contribution in [0.4, 0.5) is 5.69 Å². The lowest BCUT2D eigenvalue weighted by atomic mass is 9.96. The average molecular weight is 503 g/mol. The number of halogens is 1. The Labute approximate surface area is 214 Å². The van der Waals surface area contributed by atoms with Crippen LogP contribution in [-0.2, 0) is 23.0 Å². The quantitative estimate of drug-likeness (QED) is 0.332. The number of nitrogens with zero attached hydrogens (tertiary/aromatic N) is 1. The van der Waals surface area contributed by atoms with Gasteiger partial charge in [0.05, 0.1) is 0 Å². The summed E-state index contributed by atoms with van der Waals surface area (Å²) in [5.74, 6) is -1.22. The number of rotatable bonds is 6. The van der Waals surface area contributed by atoms with Crippen molar-refractivity contribution in [1.82, 2.24) is 4.57 Å². The number of aromatic nitrogens is 1. The summed E-state index contributed by atoms with van der Waals surface area (Å²) in [4.78, 5) is 39.6. The van der Waals surface area contributed by atoms with Crippen molar-refractivity contribution in [3.05, 3.63) is 98.9 Å². The maximum atomic E-state index is 13.5. The maximum Gasteiger partial charge on any atom is 0.356 e. The van der Waals surface area contributed by atoms with Crippen molar-refractivity contribution in [1.29, 1.82) is 0 Å². The van der Waals surface area contributed by atoms with Crippen LogP contribution in [0.1, 0.15) is 35.5 Å². The second kappa shape index (κ2) is 10.4. The SMILES string of the molecule is CCc1cccc(C)c1NC(=O)C(C)OC(=O)c1c(-c2ccc(Cl)cc2)c2ccccc2c(=O)n1C. The lowest BCUT2D eigenvalue weighted by Crippen LogP contribution is -2.33. The monoisotopic (exact) mass is 502 g/mol. The zero-order valence-electron chi connectivity index (χ0n) is 20.6. The molecule has 0 radical (unpaired) electrons. The molecule has 1 heterocycles. The zero-order chi connectivity index (χ0) is 26.0. The van der Waals surface area contributed by atoms with Gasteiger partial charge in [0.1, 0.15) is 5.69 Å². The molecule has 184 valence electrons. The van der Waals surface area contributed by atoms with Gasteiger partial charge in [-0.25, -0.2) is 4.79 Å². The number of carbonyl (C=O) groups excluding carboxylic acids is 2. The first-order valence-corrected chi connectivity index (χ1v) is 12.1. The van der Waals surface area contributed by atoms with Crippen molar-refractivity contribution in [2.45, 2.75) is 33.3 Å². The summed E-state index contributed by atoms with van der Waals surface area (Å²) in [6.07, 6.45) is -0.351. The van der Waals surface area contributed by atoms with Gasteiger partial charge in [0, 0.05) is 28.7 Å². The van der Waals surface area contributed by atoms with E-state index in [0.29, 0.717) is 32.6 Å². The second-order valence-corrected chi connectivity index (χ2v) is 9.08. The van der Waals surface area contributed by atoms with Gasteiger partial charge < -0.3 is 14.6 Å². The fourth-order valence-electron chi connectivity index (χ4n) is 4.31. The topological polar surface area (TPSA) is 77.4 Å². The number of para-hydroxylation sites is 1. The molecule has 1 amide bonds. The minimum absolute atomic E-state index is 0.0609. The molecule has 3 aromatic carbocycles. The number of carbonyl (C=O) groups is 2. The average Bonchev–Trinajstić information content (AvgIpc) is 2.87. The molecule has 0 aliphatic rings. The minimum Gasteiger partial charge on any atom is -0.448 e. The Morgan fingerprint density at radius 2 is 1.67 bits per heavy atom. The van der Waals surface area contributed by atoms with Crippen LogP contribution >= 0.6 is 11.6 Å². The normalized spacial score (nSPS) is 11.8. The van der Waals surface area contributed by atoms with Crippen LogP contribution in [0.3, 0.4) is 0 Å². The predicted octanol–water partition coefficient (Wildman–Crippen LogP) is 5.91. The van der Waals surface area contributed by atoms with Crippen molar-refractivity contribution in [3.63, 3.8) is 0 Å². The van der Waals surface area contributed by atoms with E-state index in [1.807, 2.05) is 32.0 Å². The van der Waals surface area contributed by atoms with E-state index < -0.39 is 18.0 Å². The number of aryl methyl sites for hydroxylation is 2. The lowest BCUT2D eigenvalue weighted by molar-refractivity contribution is -0.123. The Bertz CT molecular complexity index is 1520. The summed E-state index contributed by atoms with van der Waals surface area (Å²) in [5, 5.41) is 4.52. The van der Waals surface area contributed by atoms with E-state index in [9.17, 15) is 14.4 Å². The molecule has 0 bridgehead atoms. The van der Waals surface area contributed by atoms with Gasteiger partial charge in [-0.2, -0.15) is 0 Å². The predicted molar refractivity (Wildman–Crippen MR) is 144 cm³/mol. The van der Waals surface area contributed by atoms with Crippen LogP contribution in [0.15, 0.2) is 71.5 Å². The van der Waals surface area contributed by atoms with Crippen LogP contribution in [0.5, 0.6) is 0 Å². The van der Waals surface area contributed by atoms with E-state index in [4.69, 9.17) is 16.3 Å². The van der Waals surface area contributed by atoms with Gasteiger partial charge in [0.15, 0.2) is 6.10 Å². The Hall–Kier alpha value is -3.90. The fraction of sp³-hybridized carbons (Fsp3) is 0.207. The highest BCUT2D eigenvalue weighted by molar-refractivity contribution is 6.30. The molecule has 0 aliphatic heterocycles. The first-order valence-electron chi connectivity index (χ1n) is 11.7. The summed E-state index contributed by atoms with van der Waals surface area (Å²) in [7, 11) is 1.52. The van der Waals surface area contributed by atoms with E-state index in [0.717, 1.165) is 17.5 Å². The van der Waals surface area contributed by atoms with Gasteiger partial charge in [0.2, 0.25) is 0 Å². The van der Waals surface area contributed by atoms with Crippen molar-refractivity contribution in [3.8, 4) is 11.1 Å². The third-order valence-electron chi connectivity index (χ3n) is 6.27. The minimum atomic E-state index is -1.10. The molecule has 0 saturated carbocycles. The molecule has 7 heteroatoms. The molecule has 4 rings (SSSR count). The van der Waals surface area contributed by atoms with Crippen molar-refractivity contribution in [2.75, 3.05) is 5.32 Å². The van der Waals surface area contributed by atoms with Crippen LogP contribution in [-0.4, -0.2) is 22.5 Å². The highest BCUT2D eigenvalue weighted by Crippen LogP contribution is 2.32. The molecular formula is C29H27ClN2O4. The Morgan fingerprint density at radius 1 is 1.00 bits per heavy atom. The molecule has 0 spiro atoms. The molecule has 36 heavy (non-hydrogen) atoms. The smallest absolute Gasteiger partial charge is 0.356 e. The molecule has 1 unspecified atom stereocenters. The van der Waals surface area contributed by atoms with Crippen LogP contribution in [0.2, 0.25) is 5.02 Å². The fourth-order valence-corrected chi connectivity index (χ4v) is 4.44. The summed E-state index contributed by atoms with van der Waals surface area (Å²) >= 11 is 6.09. The number of benzene rings is 3. The van der Waals surface area contributed by atoms with Crippen molar-refractivity contribution >= 4 is 39.9 Å². The molecule has 1 N–H and O–H groups in total. The van der Waals surface area contributed by atoms with Gasteiger partial charge >= 0.3 is 5.97 Å². The number of fused-ring (bicyclic) bond motifs is 1. The Morgan fingerprint density at radius 3 is 2.33 bits per heavy atom. The summed E-state index contributed by atoms with van der Waals surface area (Å²) < 4.78 is 6.89. The van der Waals surface area contributed by atoms with Gasteiger partial charge in [-0.15, -0.1) is 0 Å². The molecule has 0 aliphatic carbocycles. The van der Waals surface area contributed by atoms with Crippen LogP contribution in [0.25, 0.3) is 21.9 Å². The molecule has 1 atom stereocenters. The summed E-state index contributed by atoms with van der Waals surface area (Å²) in [6.45, 7) is 5.43. The van der Waals surface area contributed by atoms with Gasteiger partial charge in [0.25, 0.3) is 11.5 Å². The molecule has 4 aromatic rings. The van der Waals surface area contributed by atoms with E-state index in [1.165, 1.54) is 18.5 Å². The molecule has 0 saturated heterocycles. The van der Waals surface area contributed by atoms with Gasteiger partial charge in [-0.05, 0) is 60.5 Å². The maximum absolute atomic E-state index is 13.5. The molecule has 6 nitrogen and oxygen atoms in total. The standard InChI is InChI=1S/C29H27ClN2O4/c1-5-19-10-8-9-17(2)25(19)31-27(33)18(3)36-29(35)26-24(20-13-15-21(30)16-14-20)22-11-6-7-12-23(22)28(34)32(26)4/h6-16,18H,5H2,1-4H3,(H,31,33). The Balaban J connectivity index is 1.73. The molecule has 0 fully saturated rings. The van der Waals surface area contributed by atoms with Crippen LogP contribution < -0.4 is 10.9 Å². The number of pyridine rings is 1. The van der Waals surface area contributed by atoms with Gasteiger partial charge in [-0.1, -0.05) is 67.1 Å². The first kappa shape index (κ1) is 25.2. The van der Waals surface area contributed by atoms with E-state index >= 15 is 0 Å². The van der Waals surface area contributed by atoms with Crippen molar-refractivity contribution in [2.24, 2.45) is 7.05 Å². The van der Waals surface area contributed by atoms with E-state index in [1.54, 1.807) is 48.5 Å². The van der Waals surface area contributed by atoms with Gasteiger partial charge in [-0.3, -0.25) is 9.59 Å². The highest BCUT2D eigenvalue weighted by atomic mass is 35.5. The summed E-state index contributed by atoms with van der Waals surface area (Å²) in [6, 6.07) is 19.9. The third kappa shape index (κ3) is 4.77. The van der Waals surface area contributed by atoms with E-state index in [2.05, 4.69) is 5.32 Å². The number of nitrogens with one attached hydrogen (secondary N) is 1. The molecule has 1 aromatic heterocycles. The number of amides is 1. The number of hydrogen-bond donors (Lipinski definition) is 1. The highest BCUT2D eigenvalue weighted by Gasteiger charge is 2.27. The largest absolute Gasteiger partial charge is 0.448 e. The number of anilines is 1. The Kier molecular flexibility index (Phi) is 7.27. The third-order valence-corrected chi connectivity index (χ3v) is 6.52. The molecular weight excluding hydrogens is 476 g/mol. The van der Waals surface area contributed by atoms with Crippen molar-refractivity contribution < 1.29 is 14.3 Å². The zero-order valence-corrected chi connectivity index (χ0v) is 21.3. The number of hydrogen-bond acceptors (Lipinski definition) is 4. The van der Waals surface area contributed by atoms with E-state index in [-0.39, 0.29) is 11.3 Å². The number of ether oxygens (including phenoxy) is 1. The van der Waals surface area contributed by atoms with Crippen LogP contribution in [0, 0.1) is 6.92 Å². The number of esters is 1. The second-order valence-electron chi connectivity index (χ2n) is 8.64.